The van der Waals surface area contributed by atoms with Crippen molar-refractivity contribution in [3.63, 3.8) is 0 Å². The molecule has 2 aliphatic heterocycles. The molecule has 2 aliphatic rings. The number of imidazole rings is 1. The number of likely N-dealkylation sites (tertiary alicyclic amines) is 1. The van der Waals surface area contributed by atoms with Crippen LogP contribution in [-0.2, 0) is 4.79 Å². The van der Waals surface area contributed by atoms with Crippen molar-refractivity contribution in [3.05, 3.63) is 30.4 Å². The lowest BCUT2D eigenvalue weighted by atomic mass is 10.0. The number of rotatable bonds is 3. The molecule has 0 saturated carbocycles. The Bertz CT molecular complexity index is 889. The van der Waals surface area contributed by atoms with E-state index in [1.54, 1.807) is 0 Å². The van der Waals surface area contributed by atoms with Crippen LogP contribution in [-0.4, -0.2) is 55.2 Å². The third kappa shape index (κ3) is 5.22. The van der Waals surface area contributed by atoms with E-state index in [1.165, 1.54) is 10.8 Å². The van der Waals surface area contributed by atoms with Gasteiger partial charge in [-0.2, -0.15) is 26.3 Å². The van der Waals surface area contributed by atoms with Gasteiger partial charge in [0.05, 0.1) is 34.5 Å². The Morgan fingerprint density at radius 2 is 1.86 bits per heavy atom. The Morgan fingerprint density at radius 3 is 2.41 bits per heavy atom. The Hall–Kier alpha value is -1.80. The van der Waals surface area contributed by atoms with Gasteiger partial charge < -0.3 is 9.47 Å². The molecule has 0 N–H and O–H groups in total. The van der Waals surface area contributed by atoms with E-state index in [9.17, 15) is 39.9 Å². The number of carbonyl (C=O) groups is 1. The molecule has 1 atom stereocenters. The fourth-order valence-corrected chi connectivity index (χ4v) is 5.47. The molecule has 0 spiro atoms. The summed E-state index contributed by atoms with van der Waals surface area (Å²) >= 11 is -1.89. The van der Waals surface area contributed by atoms with E-state index >= 15 is 0 Å². The lowest BCUT2D eigenvalue weighted by Gasteiger charge is -2.37. The third-order valence-electron chi connectivity index (χ3n) is 4.08. The van der Waals surface area contributed by atoms with Crippen LogP contribution in [0.2, 0.25) is 0 Å². The highest BCUT2D eigenvalue weighted by Crippen LogP contribution is 2.44. The van der Waals surface area contributed by atoms with Crippen LogP contribution in [0.5, 0.6) is 0 Å². The molecule has 1 fully saturated rings. The van der Waals surface area contributed by atoms with Crippen LogP contribution < -0.4 is 0 Å². The van der Waals surface area contributed by atoms with Gasteiger partial charge in [-0.15, -0.1) is 0 Å². The minimum Gasteiger partial charge on any atom is -0.327 e. The molecule has 13 heteroatoms. The van der Waals surface area contributed by atoms with Crippen LogP contribution in [0.4, 0.5) is 35.1 Å². The number of aromatic nitrogens is 2. The maximum Gasteiger partial charge on any atom is 0.417 e. The summed E-state index contributed by atoms with van der Waals surface area (Å²) in [5.41, 5.74) is -0.0546. The molecular formula is C16H12F8IN3O. The maximum atomic E-state index is 13.0. The zero-order valence-electron chi connectivity index (χ0n) is 14.2. The second-order valence-corrected chi connectivity index (χ2v) is 9.44. The summed E-state index contributed by atoms with van der Waals surface area (Å²) in [5, 5.41) is 0. The summed E-state index contributed by atoms with van der Waals surface area (Å²) in [6.45, 7) is -1.42. The molecule has 0 radical (unpaired) electrons. The minimum atomic E-state index is -4.82. The van der Waals surface area contributed by atoms with Crippen molar-refractivity contribution >= 4 is 39.9 Å². The quantitative estimate of drug-likeness (QED) is 0.322. The normalized spacial score (nSPS) is 22.6. The van der Waals surface area contributed by atoms with E-state index < -0.39 is 73.9 Å². The van der Waals surface area contributed by atoms with Crippen LogP contribution in [0, 0.1) is 5.92 Å². The predicted octanol–water partition coefficient (Wildman–Crippen LogP) is 4.46. The molecule has 1 saturated heterocycles. The summed E-state index contributed by atoms with van der Waals surface area (Å²) < 4.78 is 104. The number of hydrogen-bond acceptors (Lipinski definition) is 2. The molecule has 0 aliphatic carbocycles. The number of amides is 1. The van der Waals surface area contributed by atoms with Crippen molar-refractivity contribution in [1.29, 1.82) is 0 Å². The van der Waals surface area contributed by atoms with Gasteiger partial charge in [-0.05, 0) is 6.42 Å². The Labute approximate surface area is 168 Å². The second kappa shape index (κ2) is 7.47. The molecule has 1 aromatic rings. The van der Waals surface area contributed by atoms with Crippen LogP contribution in [0.25, 0.3) is 9.78 Å². The lowest BCUT2D eigenvalue weighted by molar-refractivity contribution is -0.160. The van der Waals surface area contributed by atoms with Gasteiger partial charge in [-0.3, -0.25) is 4.79 Å². The van der Waals surface area contributed by atoms with Crippen molar-refractivity contribution < 1.29 is 39.9 Å². The highest BCUT2D eigenvalue weighted by Gasteiger charge is 2.46. The zero-order chi connectivity index (χ0) is 21.6. The molecule has 1 unspecified atom stereocenters. The van der Waals surface area contributed by atoms with E-state index in [1.807, 2.05) is 0 Å². The van der Waals surface area contributed by atoms with Gasteiger partial charge in [-0.1, -0.05) is 26.8 Å². The third-order valence-corrected chi connectivity index (χ3v) is 7.28. The fraction of sp³-hybridized carbons (Fsp3) is 0.438. The number of carbonyl (C=O) groups excluding carboxylic acids is 1. The first kappa shape index (κ1) is 21.9. The van der Waals surface area contributed by atoms with Gasteiger partial charge in [-0.25, -0.2) is 13.8 Å². The first-order valence-electron chi connectivity index (χ1n) is 8.00. The van der Waals surface area contributed by atoms with E-state index in [2.05, 4.69) is 4.98 Å². The highest BCUT2D eigenvalue weighted by molar-refractivity contribution is 14.2. The Morgan fingerprint density at radius 1 is 1.21 bits per heavy atom. The Kier molecular flexibility index (Phi) is 5.64. The monoisotopic (exact) mass is 541 g/mol. The molecule has 4 nitrogen and oxygen atoms in total. The number of nitrogens with zero attached hydrogens (tertiary/aromatic N) is 3. The molecule has 3 rings (SSSR count). The summed E-state index contributed by atoms with van der Waals surface area (Å²) in [6, 6.07) is 0. The number of halogens is 9. The van der Waals surface area contributed by atoms with E-state index in [-0.39, 0.29) is 9.27 Å². The molecule has 0 aromatic carbocycles. The van der Waals surface area contributed by atoms with Crippen molar-refractivity contribution in [1.82, 2.24) is 14.5 Å². The van der Waals surface area contributed by atoms with E-state index in [4.69, 9.17) is 0 Å². The number of hydrogen-bond donors (Lipinski definition) is 0. The van der Waals surface area contributed by atoms with Crippen molar-refractivity contribution in [2.45, 2.75) is 24.7 Å². The molecule has 160 valence electrons. The van der Waals surface area contributed by atoms with Gasteiger partial charge >= 0.3 is 12.4 Å². The van der Waals surface area contributed by atoms with Gasteiger partial charge in [0.2, 0.25) is 5.91 Å². The van der Waals surface area contributed by atoms with Crippen molar-refractivity contribution in [2.75, 3.05) is 13.1 Å². The minimum absolute atomic E-state index is 0.0546. The average Bonchev–Trinajstić information content (AvgIpc) is 3.04. The van der Waals surface area contributed by atoms with Crippen LogP contribution in [0.1, 0.15) is 12.1 Å². The Balaban J connectivity index is 1.79. The number of allylic oxidation sites excluding steroid dienone is 1. The fourth-order valence-electron chi connectivity index (χ4n) is 2.60. The van der Waals surface area contributed by atoms with E-state index in [0.29, 0.717) is 0 Å². The smallest absolute Gasteiger partial charge is 0.327 e. The van der Waals surface area contributed by atoms with Crippen LogP contribution in [0.3, 0.4) is 0 Å². The molecule has 0 bridgehead atoms. The average molecular weight is 541 g/mol. The molecule has 29 heavy (non-hydrogen) atoms. The van der Waals surface area contributed by atoms with Gasteiger partial charge in [0.15, 0.2) is 0 Å². The summed E-state index contributed by atoms with van der Waals surface area (Å²) in [7, 11) is 0. The van der Waals surface area contributed by atoms with E-state index in [0.717, 1.165) is 29.6 Å². The second-order valence-electron chi connectivity index (χ2n) is 6.44. The molecule has 1 amide bonds. The van der Waals surface area contributed by atoms with Crippen LogP contribution in [0.15, 0.2) is 24.7 Å². The zero-order valence-corrected chi connectivity index (χ0v) is 16.4. The molecular weight excluding hydrogens is 529 g/mol. The topological polar surface area (TPSA) is 38.1 Å². The van der Waals surface area contributed by atoms with Crippen molar-refractivity contribution in [2.24, 2.45) is 5.92 Å². The molecule has 3 heterocycles. The first-order valence-corrected chi connectivity index (χ1v) is 10.2. The summed E-state index contributed by atoms with van der Waals surface area (Å²) in [5.74, 6) is -5.87. The summed E-state index contributed by atoms with van der Waals surface area (Å²) in [6.07, 6.45) is -5.56. The van der Waals surface area contributed by atoms with Crippen LogP contribution >= 0.6 is 20.7 Å². The largest absolute Gasteiger partial charge is 0.417 e. The lowest BCUT2D eigenvalue weighted by Crippen LogP contribution is -2.58. The van der Waals surface area contributed by atoms with Crippen molar-refractivity contribution in [3.8, 4) is 0 Å². The van der Waals surface area contributed by atoms with Gasteiger partial charge in [0.1, 0.15) is 0 Å². The summed E-state index contributed by atoms with van der Waals surface area (Å²) in [4.78, 5) is 16.4. The first-order chi connectivity index (χ1) is 13.2. The predicted molar refractivity (Wildman–Crippen MR) is 96.3 cm³/mol. The highest BCUT2D eigenvalue weighted by atomic mass is 127. The molecule has 1 aromatic heterocycles. The standard InChI is InChI=1S/C16H12F8IN3O/c17-14(18)6-28(7-14)13(29)1-2-27-5-11(26-8-27)10-3-9(15(19,20)21)4-12(25-10)16(22,23)24/h1-3,5,8-9H,4,6-7H2/b2-1-. The van der Waals surface area contributed by atoms with Gasteiger partial charge in [0.25, 0.3) is 5.92 Å². The maximum absolute atomic E-state index is 13.0. The SMILES string of the molecule is O=C(/C=C\n1cnc(C2=CC(C(F)(F)F)CC(C(F)(F)F)=I2)c1)N1CC(F)(F)C1. The van der Waals surface area contributed by atoms with Gasteiger partial charge in [0, 0.05) is 22.1 Å². The number of alkyl halides is 8.